The van der Waals surface area contributed by atoms with E-state index in [1.165, 1.54) is 31.2 Å². The molecule has 0 bridgehead atoms. The molecule has 4 nitrogen and oxygen atoms in total. The zero-order valence-corrected chi connectivity index (χ0v) is 10.6. The van der Waals surface area contributed by atoms with E-state index in [-0.39, 0.29) is 5.75 Å². The number of hydrogen-bond acceptors (Lipinski definition) is 3. The Morgan fingerprint density at radius 3 is 2.47 bits per heavy atom. The van der Waals surface area contributed by atoms with Crippen molar-refractivity contribution >= 4 is 11.6 Å². The van der Waals surface area contributed by atoms with Crippen molar-refractivity contribution < 1.29 is 18.3 Å². The molecule has 0 aliphatic rings. The Hall–Kier alpha value is -2.16. The molecular formula is C13H14F2N2O2. The highest BCUT2D eigenvalue weighted by molar-refractivity contribution is 5.96. The van der Waals surface area contributed by atoms with Crippen LogP contribution in [0.4, 0.5) is 14.5 Å². The molecule has 0 spiro atoms. The number of alkyl halides is 2. The molecule has 102 valence electrons. The van der Waals surface area contributed by atoms with Gasteiger partial charge in [-0.25, -0.2) is 0 Å². The quantitative estimate of drug-likeness (QED) is 0.892. The number of ether oxygens (including phenoxy) is 1. The summed E-state index contributed by atoms with van der Waals surface area (Å²) < 4.78 is 28.1. The van der Waals surface area contributed by atoms with E-state index in [1.54, 1.807) is 6.92 Å². The fraction of sp³-hybridized carbons (Fsp3) is 0.385. The van der Waals surface area contributed by atoms with Gasteiger partial charge < -0.3 is 10.1 Å². The van der Waals surface area contributed by atoms with Gasteiger partial charge in [0.05, 0.1) is 6.07 Å². The maximum Gasteiger partial charge on any atom is 0.387 e. The number of benzene rings is 1. The fourth-order valence-electron chi connectivity index (χ4n) is 1.28. The van der Waals surface area contributed by atoms with Crippen LogP contribution in [-0.4, -0.2) is 12.5 Å². The minimum atomic E-state index is -2.89. The number of amides is 1. The summed E-state index contributed by atoms with van der Waals surface area (Å²) >= 11 is 0. The summed E-state index contributed by atoms with van der Waals surface area (Å²) in [5, 5.41) is 11.5. The number of hydrogen-bond donors (Lipinski definition) is 1. The second-order valence-electron chi connectivity index (χ2n) is 4.15. The molecule has 1 aromatic carbocycles. The van der Waals surface area contributed by atoms with Crippen molar-refractivity contribution in [3.05, 3.63) is 24.3 Å². The molecule has 19 heavy (non-hydrogen) atoms. The number of carbonyl (C=O) groups is 1. The van der Waals surface area contributed by atoms with Crippen LogP contribution in [0.15, 0.2) is 24.3 Å². The van der Waals surface area contributed by atoms with Crippen molar-refractivity contribution in [2.75, 3.05) is 5.32 Å². The molecule has 0 aliphatic carbocycles. The normalized spacial score (nSPS) is 13.5. The highest BCUT2D eigenvalue weighted by atomic mass is 19.3. The first-order valence-corrected chi connectivity index (χ1v) is 5.69. The predicted octanol–water partition coefficient (Wildman–Crippen LogP) is 3.17. The summed E-state index contributed by atoms with van der Waals surface area (Å²) in [5.41, 5.74) is -0.695. The lowest BCUT2D eigenvalue weighted by Crippen LogP contribution is -2.31. The minimum absolute atomic E-state index is 0.00605. The second-order valence-corrected chi connectivity index (χ2v) is 4.15. The Balaban J connectivity index is 2.74. The first kappa shape index (κ1) is 14.9. The molecule has 1 aromatic rings. The van der Waals surface area contributed by atoms with E-state index in [2.05, 4.69) is 10.1 Å². The van der Waals surface area contributed by atoms with Crippen molar-refractivity contribution in [2.45, 2.75) is 26.9 Å². The maximum atomic E-state index is 12.0. The van der Waals surface area contributed by atoms with Crippen LogP contribution >= 0.6 is 0 Å². The fourth-order valence-corrected chi connectivity index (χ4v) is 1.28. The molecule has 0 radical (unpaired) electrons. The number of rotatable bonds is 5. The zero-order valence-electron chi connectivity index (χ0n) is 10.6. The number of nitriles is 1. The van der Waals surface area contributed by atoms with Crippen LogP contribution in [0.1, 0.15) is 20.3 Å². The summed E-state index contributed by atoms with van der Waals surface area (Å²) in [6.07, 6.45) is 0.377. The van der Waals surface area contributed by atoms with Gasteiger partial charge in [-0.1, -0.05) is 6.92 Å². The Morgan fingerprint density at radius 2 is 2.05 bits per heavy atom. The first-order chi connectivity index (χ1) is 8.91. The number of halogens is 2. The summed E-state index contributed by atoms with van der Waals surface area (Å²) in [7, 11) is 0. The monoisotopic (exact) mass is 268 g/mol. The second kappa shape index (κ2) is 6.14. The summed E-state index contributed by atoms with van der Waals surface area (Å²) in [6, 6.07) is 7.45. The van der Waals surface area contributed by atoms with Gasteiger partial charge in [-0.3, -0.25) is 4.79 Å². The highest BCUT2D eigenvalue weighted by Gasteiger charge is 2.31. The molecule has 0 saturated carbocycles. The highest BCUT2D eigenvalue weighted by Crippen LogP contribution is 2.23. The van der Waals surface area contributed by atoms with Crippen molar-refractivity contribution in [3.8, 4) is 11.8 Å². The molecule has 1 unspecified atom stereocenters. The van der Waals surface area contributed by atoms with Gasteiger partial charge in [0.2, 0.25) is 5.91 Å². The van der Waals surface area contributed by atoms with Gasteiger partial charge in [0, 0.05) is 5.69 Å². The maximum absolute atomic E-state index is 12.0. The molecule has 0 heterocycles. The number of nitrogens with zero attached hydrogens (tertiary/aromatic N) is 1. The molecule has 1 amide bonds. The van der Waals surface area contributed by atoms with Crippen LogP contribution < -0.4 is 10.1 Å². The van der Waals surface area contributed by atoms with Crippen LogP contribution in [0.5, 0.6) is 5.75 Å². The van der Waals surface area contributed by atoms with Gasteiger partial charge in [0.1, 0.15) is 11.2 Å². The van der Waals surface area contributed by atoms with Crippen molar-refractivity contribution in [1.29, 1.82) is 5.26 Å². The van der Waals surface area contributed by atoms with Crippen LogP contribution in [0.25, 0.3) is 0 Å². The third-order valence-electron chi connectivity index (χ3n) is 2.79. The summed E-state index contributed by atoms with van der Waals surface area (Å²) in [5.74, 6) is -0.424. The Bertz CT molecular complexity index is 482. The van der Waals surface area contributed by atoms with Crippen LogP contribution in [0.2, 0.25) is 0 Å². The van der Waals surface area contributed by atoms with E-state index in [1.807, 2.05) is 6.07 Å². The summed E-state index contributed by atoms with van der Waals surface area (Å²) in [4.78, 5) is 11.9. The SMILES string of the molecule is CCC(C)(C#N)C(=O)Nc1ccc(OC(F)F)cc1. The third kappa shape index (κ3) is 3.91. The topological polar surface area (TPSA) is 62.1 Å². The standard InChI is InChI=1S/C13H14F2N2O2/c1-3-13(2,8-16)11(18)17-9-4-6-10(7-5-9)19-12(14)15/h4-7,12H,3H2,1-2H3,(H,17,18). The van der Waals surface area contributed by atoms with Crippen molar-refractivity contribution in [2.24, 2.45) is 5.41 Å². The van der Waals surface area contributed by atoms with E-state index in [0.717, 1.165) is 0 Å². The average Bonchev–Trinajstić information content (AvgIpc) is 2.39. The molecule has 1 rings (SSSR count). The van der Waals surface area contributed by atoms with Crippen LogP contribution in [0.3, 0.4) is 0 Å². The minimum Gasteiger partial charge on any atom is -0.435 e. The number of anilines is 1. The third-order valence-corrected chi connectivity index (χ3v) is 2.79. The molecule has 0 saturated heterocycles. The lowest BCUT2D eigenvalue weighted by Gasteiger charge is -2.18. The van der Waals surface area contributed by atoms with E-state index >= 15 is 0 Å². The van der Waals surface area contributed by atoms with E-state index in [0.29, 0.717) is 12.1 Å². The van der Waals surface area contributed by atoms with Gasteiger partial charge >= 0.3 is 6.61 Å². The number of carbonyl (C=O) groups excluding carboxylic acids is 1. The molecule has 1 N–H and O–H groups in total. The molecular weight excluding hydrogens is 254 g/mol. The largest absolute Gasteiger partial charge is 0.435 e. The van der Waals surface area contributed by atoms with Gasteiger partial charge in [-0.05, 0) is 37.6 Å². The van der Waals surface area contributed by atoms with Gasteiger partial charge in [0.15, 0.2) is 0 Å². The smallest absolute Gasteiger partial charge is 0.387 e. The molecule has 1 atom stereocenters. The summed E-state index contributed by atoms with van der Waals surface area (Å²) in [6.45, 7) is 0.390. The van der Waals surface area contributed by atoms with Gasteiger partial charge in [0.25, 0.3) is 0 Å². The van der Waals surface area contributed by atoms with Crippen molar-refractivity contribution in [3.63, 3.8) is 0 Å². The average molecular weight is 268 g/mol. The van der Waals surface area contributed by atoms with Gasteiger partial charge in [-0.15, -0.1) is 0 Å². The Labute approximate surface area is 110 Å². The molecule has 6 heteroatoms. The lowest BCUT2D eigenvalue weighted by molar-refractivity contribution is -0.122. The van der Waals surface area contributed by atoms with E-state index in [9.17, 15) is 13.6 Å². The van der Waals surface area contributed by atoms with Gasteiger partial charge in [-0.2, -0.15) is 14.0 Å². The van der Waals surface area contributed by atoms with Crippen molar-refractivity contribution in [1.82, 2.24) is 0 Å². The lowest BCUT2D eigenvalue weighted by atomic mass is 9.88. The Kier molecular flexibility index (Phi) is 4.81. The predicted molar refractivity (Wildman–Crippen MR) is 65.7 cm³/mol. The number of nitrogens with one attached hydrogen (secondary N) is 1. The van der Waals surface area contributed by atoms with Crippen LogP contribution in [0, 0.1) is 16.7 Å². The molecule has 0 aliphatic heterocycles. The molecule has 0 fully saturated rings. The van der Waals surface area contributed by atoms with Crippen LogP contribution in [-0.2, 0) is 4.79 Å². The molecule has 0 aromatic heterocycles. The van der Waals surface area contributed by atoms with E-state index < -0.39 is 17.9 Å². The first-order valence-electron chi connectivity index (χ1n) is 5.69. The zero-order chi connectivity index (χ0) is 14.5. The Morgan fingerprint density at radius 1 is 1.47 bits per heavy atom. The van der Waals surface area contributed by atoms with E-state index in [4.69, 9.17) is 5.26 Å².